The molecular formula is C20H27N3O. The molecule has 2 aliphatic rings. The predicted molar refractivity (Wildman–Crippen MR) is 96.9 cm³/mol. The first-order valence-corrected chi connectivity index (χ1v) is 9.34. The van der Waals surface area contributed by atoms with Crippen LogP contribution in [0.1, 0.15) is 32.1 Å². The molecule has 1 aliphatic carbocycles. The van der Waals surface area contributed by atoms with Crippen molar-refractivity contribution in [2.45, 2.75) is 44.7 Å². The van der Waals surface area contributed by atoms with Gasteiger partial charge in [0.05, 0.1) is 0 Å². The van der Waals surface area contributed by atoms with Crippen LogP contribution >= 0.6 is 0 Å². The molecule has 1 saturated heterocycles. The van der Waals surface area contributed by atoms with Gasteiger partial charge in [-0.3, -0.25) is 4.79 Å². The fourth-order valence-electron chi connectivity index (χ4n) is 3.77. The van der Waals surface area contributed by atoms with Gasteiger partial charge in [0.2, 0.25) is 5.91 Å². The summed E-state index contributed by atoms with van der Waals surface area (Å²) < 4.78 is 2.31. The molecule has 1 saturated carbocycles. The standard InChI is InChI=1S/C20H27N3O/c24-20-8-7-18(10-13-23(20)15-16-5-6-16)21-11-14-22-12-9-17-3-1-2-4-19(17)22/h1-4,9,12,16,18,21H,5-8,10-11,13-15H2. The predicted octanol–water partition coefficient (Wildman–Crippen LogP) is 3.02. The van der Waals surface area contributed by atoms with Gasteiger partial charge in [-0.05, 0) is 49.1 Å². The number of para-hydroxylation sites is 1. The van der Waals surface area contributed by atoms with E-state index in [4.69, 9.17) is 0 Å². The van der Waals surface area contributed by atoms with Crippen LogP contribution in [0.5, 0.6) is 0 Å². The summed E-state index contributed by atoms with van der Waals surface area (Å²) in [6, 6.07) is 11.2. The Bertz CT molecular complexity index is 704. The molecule has 1 atom stereocenters. The molecule has 0 bridgehead atoms. The molecule has 128 valence electrons. The number of carbonyl (C=O) groups is 1. The van der Waals surface area contributed by atoms with Crippen molar-refractivity contribution in [1.82, 2.24) is 14.8 Å². The second-order valence-electron chi connectivity index (χ2n) is 7.33. The van der Waals surface area contributed by atoms with Crippen molar-refractivity contribution in [3.05, 3.63) is 36.5 Å². The van der Waals surface area contributed by atoms with Gasteiger partial charge < -0.3 is 14.8 Å². The molecule has 1 aliphatic heterocycles. The molecule has 0 radical (unpaired) electrons. The normalized spacial score (nSPS) is 22.1. The number of likely N-dealkylation sites (tertiary alicyclic amines) is 1. The molecule has 24 heavy (non-hydrogen) atoms. The summed E-state index contributed by atoms with van der Waals surface area (Å²) in [6.07, 6.45) is 7.57. The van der Waals surface area contributed by atoms with Crippen LogP contribution in [0.3, 0.4) is 0 Å². The van der Waals surface area contributed by atoms with Crippen molar-refractivity contribution >= 4 is 16.8 Å². The zero-order valence-corrected chi connectivity index (χ0v) is 14.3. The zero-order chi connectivity index (χ0) is 16.4. The van der Waals surface area contributed by atoms with E-state index in [1.54, 1.807) is 0 Å². The van der Waals surface area contributed by atoms with Crippen molar-refractivity contribution in [3.8, 4) is 0 Å². The van der Waals surface area contributed by atoms with E-state index in [2.05, 4.69) is 51.3 Å². The molecule has 2 aromatic rings. The average Bonchev–Trinajstić information content (AvgIpc) is 3.36. The largest absolute Gasteiger partial charge is 0.346 e. The Morgan fingerprint density at radius 1 is 1.08 bits per heavy atom. The summed E-state index contributed by atoms with van der Waals surface area (Å²) in [4.78, 5) is 14.3. The van der Waals surface area contributed by atoms with E-state index in [0.29, 0.717) is 18.4 Å². The van der Waals surface area contributed by atoms with Gasteiger partial charge in [-0.2, -0.15) is 0 Å². The molecule has 1 aromatic heterocycles. The molecule has 1 amide bonds. The lowest BCUT2D eigenvalue weighted by Gasteiger charge is -2.21. The van der Waals surface area contributed by atoms with Gasteiger partial charge in [-0.25, -0.2) is 0 Å². The van der Waals surface area contributed by atoms with Gasteiger partial charge in [0.15, 0.2) is 0 Å². The van der Waals surface area contributed by atoms with Crippen LogP contribution in [0.2, 0.25) is 0 Å². The number of aromatic nitrogens is 1. The summed E-state index contributed by atoms with van der Waals surface area (Å²) in [5.74, 6) is 1.16. The Balaban J connectivity index is 1.27. The van der Waals surface area contributed by atoms with Crippen LogP contribution in [0.15, 0.2) is 36.5 Å². The Labute approximate surface area is 143 Å². The summed E-state index contributed by atoms with van der Waals surface area (Å²) in [7, 11) is 0. The molecule has 1 aromatic carbocycles. The number of carbonyl (C=O) groups excluding carboxylic acids is 1. The molecule has 1 N–H and O–H groups in total. The van der Waals surface area contributed by atoms with Gasteiger partial charge >= 0.3 is 0 Å². The van der Waals surface area contributed by atoms with Crippen molar-refractivity contribution < 1.29 is 4.79 Å². The summed E-state index contributed by atoms with van der Waals surface area (Å²) >= 11 is 0. The van der Waals surface area contributed by atoms with E-state index >= 15 is 0 Å². The molecule has 2 fully saturated rings. The minimum Gasteiger partial charge on any atom is -0.346 e. The third-order valence-electron chi connectivity index (χ3n) is 5.45. The topological polar surface area (TPSA) is 37.3 Å². The number of hydrogen-bond acceptors (Lipinski definition) is 2. The highest BCUT2D eigenvalue weighted by molar-refractivity contribution is 5.79. The van der Waals surface area contributed by atoms with E-state index in [0.717, 1.165) is 44.9 Å². The molecule has 0 spiro atoms. The zero-order valence-electron chi connectivity index (χ0n) is 14.3. The number of amides is 1. The van der Waals surface area contributed by atoms with Crippen molar-refractivity contribution in [3.63, 3.8) is 0 Å². The fourth-order valence-corrected chi connectivity index (χ4v) is 3.77. The SMILES string of the molecule is O=C1CCC(NCCn2ccc3ccccc32)CCN1CC1CC1. The van der Waals surface area contributed by atoms with Crippen molar-refractivity contribution in [2.75, 3.05) is 19.6 Å². The maximum atomic E-state index is 12.2. The number of rotatable bonds is 6. The van der Waals surface area contributed by atoms with Crippen molar-refractivity contribution in [1.29, 1.82) is 0 Å². The summed E-state index contributed by atoms with van der Waals surface area (Å²) in [6.45, 7) is 3.87. The highest BCUT2D eigenvalue weighted by Gasteiger charge is 2.28. The maximum absolute atomic E-state index is 12.2. The first-order valence-electron chi connectivity index (χ1n) is 9.34. The Morgan fingerprint density at radius 3 is 2.83 bits per heavy atom. The van der Waals surface area contributed by atoms with Gasteiger partial charge in [0.1, 0.15) is 0 Å². The Morgan fingerprint density at radius 2 is 1.96 bits per heavy atom. The monoisotopic (exact) mass is 325 g/mol. The van der Waals surface area contributed by atoms with E-state index in [9.17, 15) is 4.79 Å². The molecule has 4 heteroatoms. The number of fused-ring (bicyclic) bond motifs is 1. The van der Waals surface area contributed by atoms with Crippen molar-refractivity contribution in [2.24, 2.45) is 5.92 Å². The van der Waals surface area contributed by atoms with Gasteiger partial charge in [0, 0.05) is 50.4 Å². The van der Waals surface area contributed by atoms with E-state index < -0.39 is 0 Å². The van der Waals surface area contributed by atoms with Crippen LogP contribution in [-0.4, -0.2) is 41.1 Å². The third kappa shape index (κ3) is 3.64. The minimum absolute atomic E-state index is 0.364. The summed E-state index contributed by atoms with van der Waals surface area (Å²) in [5, 5.41) is 4.97. The van der Waals surface area contributed by atoms with E-state index in [-0.39, 0.29) is 0 Å². The van der Waals surface area contributed by atoms with Gasteiger partial charge in [0.25, 0.3) is 0 Å². The minimum atomic E-state index is 0.364. The molecular weight excluding hydrogens is 298 g/mol. The van der Waals surface area contributed by atoms with E-state index in [1.807, 2.05) is 0 Å². The van der Waals surface area contributed by atoms with Crippen LogP contribution in [0.4, 0.5) is 0 Å². The third-order valence-corrected chi connectivity index (χ3v) is 5.45. The first-order chi connectivity index (χ1) is 11.8. The number of benzene rings is 1. The van der Waals surface area contributed by atoms with Crippen LogP contribution in [-0.2, 0) is 11.3 Å². The summed E-state index contributed by atoms with van der Waals surface area (Å²) in [5.41, 5.74) is 1.30. The molecule has 2 heterocycles. The van der Waals surface area contributed by atoms with Gasteiger partial charge in [-0.15, -0.1) is 0 Å². The van der Waals surface area contributed by atoms with E-state index in [1.165, 1.54) is 23.7 Å². The highest BCUT2D eigenvalue weighted by atomic mass is 16.2. The Kier molecular flexibility index (Phi) is 4.56. The van der Waals surface area contributed by atoms with Crippen LogP contribution in [0, 0.1) is 5.92 Å². The van der Waals surface area contributed by atoms with Crippen LogP contribution < -0.4 is 5.32 Å². The fraction of sp³-hybridized carbons (Fsp3) is 0.550. The first kappa shape index (κ1) is 15.7. The maximum Gasteiger partial charge on any atom is 0.222 e. The smallest absolute Gasteiger partial charge is 0.222 e. The number of nitrogens with zero attached hydrogens (tertiary/aromatic N) is 2. The Hall–Kier alpha value is -1.81. The quantitative estimate of drug-likeness (QED) is 0.886. The second-order valence-corrected chi connectivity index (χ2v) is 7.33. The number of hydrogen-bond donors (Lipinski definition) is 1. The highest BCUT2D eigenvalue weighted by Crippen LogP contribution is 2.30. The average molecular weight is 325 g/mol. The number of nitrogens with one attached hydrogen (secondary N) is 1. The lowest BCUT2D eigenvalue weighted by molar-refractivity contribution is -0.130. The second kappa shape index (κ2) is 6.98. The lowest BCUT2D eigenvalue weighted by atomic mass is 10.1. The van der Waals surface area contributed by atoms with Crippen LogP contribution in [0.25, 0.3) is 10.9 Å². The van der Waals surface area contributed by atoms with Gasteiger partial charge in [-0.1, -0.05) is 18.2 Å². The molecule has 1 unspecified atom stereocenters. The lowest BCUT2D eigenvalue weighted by Crippen LogP contribution is -2.34. The molecule has 4 rings (SSSR count). The molecule has 4 nitrogen and oxygen atoms in total.